The first-order valence-electron chi connectivity index (χ1n) is 18.3. The number of rotatable bonds is 11. The van der Waals surface area contributed by atoms with Crippen LogP contribution < -0.4 is 21.5 Å². The van der Waals surface area contributed by atoms with Gasteiger partial charge in [0.1, 0.15) is 32.6 Å². The molecule has 0 aliphatic rings. The van der Waals surface area contributed by atoms with E-state index in [1.807, 2.05) is 121 Å². The molecule has 0 saturated carbocycles. The summed E-state index contributed by atoms with van der Waals surface area (Å²) in [7, 11) is 1.47. The molecule has 61 heavy (non-hydrogen) atoms. The van der Waals surface area contributed by atoms with Gasteiger partial charge in [-0.3, -0.25) is 23.7 Å². The van der Waals surface area contributed by atoms with Gasteiger partial charge in [0.15, 0.2) is 4.30 Å². The predicted octanol–water partition coefficient (Wildman–Crippen LogP) is 9.01. The zero-order chi connectivity index (χ0) is 43.3. The van der Waals surface area contributed by atoms with Gasteiger partial charge in [-0.1, -0.05) is 156 Å². The van der Waals surface area contributed by atoms with Crippen LogP contribution in [0.5, 0.6) is 6.01 Å². The minimum absolute atomic E-state index is 0.142. The van der Waals surface area contributed by atoms with E-state index in [2.05, 4.69) is 9.97 Å². The first-order valence-corrected chi connectivity index (χ1v) is 21.2. The summed E-state index contributed by atoms with van der Waals surface area (Å²) in [5.74, 6) is -1.01. The SMILES string of the molecule is COc1nc2sc(C(=O)OCc3ccccc3)cc2c(=O)n1Cc1ccccc1.ClC(Cl)Cl.O=C(OCc1ccccc1)c1cc2c(=O)n(Cc3ccccc3)c(=O)[nH]c2s1. The lowest BCUT2D eigenvalue weighted by Gasteiger charge is -2.10. The molecule has 4 aromatic carbocycles. The number of halogens is 3. The Morgan fingerprint density at radius 3 is 1.51 bits per heavy atom. The first-order chi connectivity index (χ1) is 29.5. The number of esters is 2. The largest absolute Gasteiger partial charge is 0.468 e. The molecule has 0 atom stereocenters. The normalized spacial score (nSPS) is 10.7. The summed E-state index contributed by atoms with van der Waals surface area (Å²) >= 11 is 16.6. The van der Waals surface area contributed by atoms with Crippen LogP contribution in [0.3, 0.4) is 0 Å². The highest BCUT2D eigenvalue weighted by Crippen LogP contribution is 2.25. The average Bonchev–Trinajstić information content (AvgIpc) is 3.91. The molecule has 0 aliphatic heterocycles. The summed E-state index contributed by atoms with van der Waals surface area (Å²) in [4.78, 5) is 71.5. The molecule has 12 nitrogen and oxygen atoms in total. The Bertz CT molecular complexity index is 2900. The third kappa shape index (κ3) is 12.1. The number of nitrogens with one attached hydrogen (secondary N) is 1. The van der Waals surface area contributed by atoms with E-state index < -0.39 is 27.5 Å². The average molecular weight is 918 g/mol. The van der Waals surface area contributed by atoms with Gasteiger partial charge in [0.25, 0.3) is 11.1 Å². The van der Waals surface area contributed by atoms with Gasteiger partial charge in [-0.25, -0.2) is 14.4 Å². The van der Waals surface area contributed by atoms with Gasteiger partial charge in [-0.15, -0.1) is 22.7 Å². The number of benzene rings is 4. The zero-order valence-corrected chi connectivity index (χ0v) is 36.1. The molecule has 0 spiro atoms. The number of thiophene rings is 2. The Morgan fingerprint density at radius 1 is 0.623 bits per heavy atom. The lowest BCUT2D eigenvalue weighted by Crippen LogP contribution is -2.34. The third-order valence-corrected chi connectivity index (χ3v) is 10.7. The van der Waals surface area contributed by atoms with Crippen LogP contribution in [0.1, 0.15) is 41.6 Å². The van der Waals surface area contributed by atoms with Crippen LogP contribution in [0.4, 0.5) is 0 Å². The molecule has 1 N–H and O–H groups in total. The molecular weight excluding hydrogens is 883 g/mol. The number of H-pyrrole nitrogens is 1. The van der Waals surface area contributed by atoms with E-state index in [-0.39, 0.29) is 36.2 Å². The molecule has 0 fully saturated rings. The van der Waals surface area contributed by atoms with Crippen molar-refractivity contribution in [1.29, 1.82) is 0 Å². The van der Waals surface area contributed by atoms with E-state index in [9.17, 15) is 24.0 Å². The van der Waals surface area contributed by atoms with Gasteiger partial charge in [0.05, 0.1) is 31.0 Å². The maximum atomic E-state index is 13.0. The number of ether oxygens (including phenoxy) is 3. The van der Waals surface area contributed by atoms with Crippen LogP contribution in [0.2, 0.25) is 0 Å². The van der Waals surface area contributed by atoms with Crippen molar-refractivity contribution in [2.24, 2.45) is 0 Å². The van der Waals surface area contributed by atoms with Gasteiger partial charge in [-0.2, -0.15) is 4.98 Å². The molecule has 0 unspecified atom stereocenters. The molecule has 0 amide bonds. The number of hydrogen-bond donors (Lipinski definition) is 1. The van der Waals surface area contributed by atoms with E-state index in [1.165, 1.54) is 17.7 Å². The maximum absolute atomic E-state index is 13.0. The number of methoxy groups -OCH3 is 1. The highest BCUT2D eigenvalue weighted by molar-refractivity contribution is 7.20. The Hall–Kier alpha value is -6.03. The number of fused-ring (bicyclic) bond motifs is 2. The van der Waals surface area contributed by atoms with Gasteiger partial charge in [-0.05, 0) is 34.4 Å². The molecule has 17 heteroatoms. The summed E-state index contributed by atoms with van der Waals surface area (Å²) in [6.07, 6.45) is 0. The molecule has 8 aromatic rings. The van der Waals surface area contributed by atoms with Crippen molar-refractivity contribution in [3.8, 4) is 6.01 Å². The predicted molar refractivity (Wildman–Crippen MR) is 241 cm³/mol. The third-order valence-electron chi connectivity index (χ3n) is 8.67. The molecule has 0 aliphatic carbocycles. The summed E-state index contributed by atoms with van der Waals surface area (Å²) in [6, 6.07) is 40.8. The number of aromatic nitrogens is 4. The molecule has 312 valence electrons. The Balaban J connectivity index is 0.000000188. The van der Waals surface area contributed by atoms with E-state index in [0.717, 1.165) is 49.5 Å². The van der Waals surface area contributed by atoms with Crippen molar-refractivity contribution in [2.75, 3.05) is 7.11 Å². The minimum Gasteiger partial charge on any atom is -0.468 e. The Morgan fingerprint density at radius 2 is 1.03 bits per heavy atom. The van der Waals surface area contributed by atoms with Gasteiger partial charge in [0.2, 0.25) is 0 Å². The molecular formula is C44H35Cl3N4O8S2. The number of alkyl halides is 3. The van der Waals surface area contributed by atoms with E-state index in [0.29, 0.717) is 31.9 Å². The summed E-state index contributed by atoms with van der Waals surface area (Å²) < 4.78 is 17.8. The van der Waals surface area contributed by atoms with Crippen LogP contribution in [0, 0.1) is 0 Å². The van der Waals surface area contributed by atoms with Crippen molar-refractivity contribution in [3.05, 3.63) is 197 Å². The molecule has 4 aromatic heterocycles. The number of hydrogen-bond acceptors (Lipinski definition) is 11. The maximum Gasteiger partial charge on any atom is 0.348 e. The van der Waals surface area contributed by atoms with Gasteiger partial charge in [0, 0.05) is 0 Å². The Labute approximate surface area is 371 Å². The standard InChI is InChI=1S/C22H18N2O4S.C21H16N2O4S.CHCl3/c1-27-22-23-19-17(20(25)24(22)13-15-8-4-2-5-9-15)12-18(29-19)21(26)28-14-16-10-6-3-7-11-16;24-19-16-11-17(20(25)27-13-15-9-5-2-6-10-15)28-18(16)22-21(26)23(19)12-14-7-3-1-4-8-14;2-1(3)4/h2-12H,13-14H2,1H3;1-11H,12-13H2,(H,22,26);1H. The number of carbonyl (C=O) groups excluding carboxylic acids is 2. The van der Waals surface area contributed by atoms with E-state index in [1.54, 1.807) is 6.07 Å². The van der Waals surface area contributed by atoms with Crippen molar-refractivity contribution in [2.45, 2.75) is 30.6 Å². The Kier molecular flexibility index (Phi) is 15.7. The molecule has 8 rings (SSSR count). The summed E-state index contributed by atoms with van der Waals surface area (Å²) in [6.45, 7) is 0.801. The van der Waals surface area contributed by atoms with Gasteiger partial charge < -0.3 is 14.2 Å². The number of nitrogens with zero attached hydrogens (tertiary/aromatic N) is 3. The second-order valence-electron chi connectivity index (χ2n) is 12.8. The fourth-order valence-electron chi connectivity index (χ4n) is 5.80. The smallest absolute Gasteiger partial charge is 0.348 e. The highest BCUT2D eigenvalue weighted by atomic mass is 35.6. The van der Waals surface area contributed by atoms with Crippen molar-refractivity contribution in [1.82, 2.24) is 19.1 Å². The summed E-state index contributed by atoms with van der Waals surface area (Å²) in [5, 5.41) is 0.672. The lowest BCUT2D eigenvalue weighted by atomic mass is 10.2. The zero-order valence-electron chi connectivity index (χ0n) is 32.2. The second kappa shape index (κ2) is 21.5. The first kappa shape index (κ1) is 44.5. The lowest BCUT2D eigenvalue weighted by molar-refractivity contribution is 0.0470. The van der Waals surface area contributed by atoms with Crippen LogP contribution in [-0.4, -0.2) is 42.4 Å². The molecule has 4 heterocycles. The summed E-state index contributed by atoms with van der Waals surface area (Å²) in [5.41, 5.74) is 2.36. The van der Waals surface area contributed by atoms with Crippen LogP contribution in [0.15, 0.2) is 148 Å². The van der Waals surface area contributed by atoms with E-state index >= 15 is 0 Å². The molecule has 0 bridgehead atoms. The molecule has 0 saturated heterocycles. The monoisotopic (exact) mass is 916 g/mol. The van der Waals surface area contributed by atoms with Crippen molar-refractivity contribution < 1.29 is 23.8 Å². The minimum atomic E-state index is -0.750. The van der Waals surface area contributed by atoms with Gasteiger partial charge >= 0.3 is 23.6 Å². The number of aromatic amines is 1. The topological polar surface area (TPSA) is 152 Å². The van der Waals surface area contributed by atoms with Crippen LogP contribution in [0.25, 0.3) is 20.4 Å². The van der Waals surface area contributed by atoms with Crippen molar-refractivity contribution >= 4 is 89.8 Å². The number of carbonyl (C=O) groups is 2. The quantitative estimate of drug-likeness (QED) is 0.0990. The fourth-order valence-corrected chi connectivity index (χ4v) is 7.64. The highest BCUT2D eigenvalue weighted by Gasteiger charge is 2.20. The van der Waals surface area contributed by atoms with Crippen molar-refractivity contribution in [3.63, 3.8) is 0 Å². The molecule has 0 radical (unpaired) electrons. The fraction of sp³-hybridized carbons (Fsp3) is 0.136. The van der Waals surface area contributed by atoms with E-state index in [4.69, 9.17) is 49.0 Å². The second-order valence-corrected chi connectivity index (χ2v) is 16.9. The van der Waals surface area contributed by atoms with Crippen LogP contribution >= 0.6 is 57.5 Å². The van der Waals surface area contributed by atoms with Crippen LogP contribution in [-0.2, 0) is 35.8 Å².